The van der Waals surface area contributed by atoms with Crippen molar-refractivity contribution in [2.24, 2.45) is 10.7 Å². The fourth-order valence-corrected chi connectivity index (χ4v) is 6.11. The van der Waals surface area contributed by atoms with E-state index in [0.717, 1.165) is 57.0 Å². The van der Waals surface area contributed by atoms with Crippen molar-refractivity contribution in [1.29, 1.82) is 0 Å². The fraction of sp³-hybridized carbons (Fsp3) is 0.276. The van der Waals surface area contributed by atoms with Gasteiger partial charge in [0.05, 0.1) is 6.34 Å². The number of likely N-dealkylation sites (tertiary alicyclic amines) is 1. The van der Waals surface area contributed by atoms with E-state index in [2.05, 4.69) is 9.89 Å². The van der Waals surface area contributed by atoms with Gasteiger partial charge in [-0.15, -0.1) is 11.3 Å². The molecule has 0 spiro atoms. The number of hydrogen-bond acceptors (Lipinski definition) is 6. The zero-order valence-electron chi connectivity index (χ0n) is 20.1. The summed E-state index contributed by atoms with van der Waals surface area (Å²) in [5.74, 6) is 1.27. The van der Waals surface area contributed by atoms with Crippen molar-refractivity contribution in [2.75, 3.05) is 26.2 Å². The van der Waals surface area contributed by atoms with E-state index in [1.165, 1.54) is 25.6 Å². The number of aliphatic imine (C=N–C) groups is 1. The summed E-state index contributed by atoms with van der Waals surface area (Å²) in [4.78, 5) is 8.15. The molecule has 0 amide bonds. The normalized spacial score (nSPS) is 15.4. The Bertz CT molecular complexity index is 1330. The first-order chi connectivity index (χ1) is 17.6. The summed E-state index contributed by atoms with van der Waals surface area (Å²) in [6, 6.07) is 20.3. The molecule has 1 aliphatic rings. The van der Waals surface area contributed by atoms with Crippen molar-refractivity contribution in [3.63, 3.8) is 0 Å². The van der Waals surface area contributed by atoms with E-state index >= 15 is 0 Å². The zero-order valence-corrected chi connectivity index (χ0v) is 21.0. The maximum absolute atomic E-state index is 10.1. The molecule has 3 aromatic carbocycles. The fourth-order valence-electron chi connectivity index (χ4n) is 4.84. The number of phenols is 2. The summed E-state index contributed by atoms with van der Waals surface area (Å²) < 4.78 is 6.99. The van der Waals surface area contributed by atoms with E-state index in [-0.39, 0.29) is 17.5 Å². The highest BCUT2D eigenvalue weighted by atomic mass is 32.1. The van der Waals surface area contributed by atoms with E-state index in [1.807, 2.05) is 42.5 Å². The molecule has 0 radical (unpaired) electrons. The van der Waals surface area contributed by atoms with Gasteiger partial charge in [-0.25, -0.2) is 0 Å². The van der Waals surface area contributed by atoms with Crippen LogP contribution in [0.1, 0.15) is 36.4 Å². The molecule has 4 N–H and O–H groups in total. The lowest BCUT2D eigenvalue weighted by Crippen LogP contribution is -2.33. The summed E-state index contributed by atoms with van der Waals surface area (Å²) in [7, 11) is 0. The molecule has 0 aliphatic carbocycles. The summed E-state index contributed by atoms with van der Waals surface area (Å²) in [6.07, 6.45) is 5.24. The van der Waals surface area contributed by atoms with Crippen LogP contribution in [0.3, 0.4) is 0 Å². The van der Waals surface area contributed by atoms with Crippen molar-refractivity contribution < 1.29 is 14.9 Å². The van der Waals surface area contributed by atoms with E-state index < -0.39 is 0 Å². The number of rotatable bonds is 8. The summed E-state index contributed by atoms with van der Waals surface area (Å²) in [6.45, 7) is 3.95. The molecule has 2 heterocycles. The van der Waals surface area contributed by atoms with Crippen molar-refractivity contribution >= 4 is 27.8 Å². The SMILES string of the molecule is NC=NC(c1ccc(OCCN2CCCCC2)cc1)c1c(-c2ccc(O)cc2)sc2cc(O)ccc12. The Labute approximate surface area is 215 Å². The zero-order chi connectivity index (χ0) is 24.9. The number of nitrogens with zero attached hydrogens (tertiary/aromatic N) is 2. The average Bonchev–Trinajstić information content (AvgIpc) is 3.27. The number of nitrogens with two attached hydrogens (primary N) is 1. The first-order valence-corrected chi connectivity index (χ1v) is 13.2. The molecule has 36 heavy (non-hydrogen) atoms. The molecular weight excluding hydrogens is 470 g/mol. The minimum absolute atomic E-state index is 0.214. The standard InChI is InChI=1S/C29H31N3O3S/c30-19-31-28(20-6-11-24(12-7-20)35-17-16-32-14-2-1-3-15-32)27-25-13-10-23(34)18-26(25)36-29(27)21-4-8-22(33)9-5-21/h4-13,18-19,28,33-34H,1-3,14-17H2,(H2,30,31). The third-order valence-corrected chi connectivity index (χ3v) is 7.89. The number of aromatic hydroxyl groups is 2. The smallest absolute Gasteiger partial charge is 0.119 e. The van der Waals surface area contributed by atoms with Gasteiger partial charge >= 0.3 is 0 Å². The minimum atomic E-state index is -0.334. The number of phenolic OH excluding ortho intramolecular Hbond substituents is 2. The second-order valence-corrected chi connectivity index (χ2v) is 10.1. The molecule has 1 saturated heterocycles. The Morgan fingerprint density at radius 1 is 0.944 bits per heavy atom. The first-order valence-electron chi connectivity index (χ1n) is 12.4. The maximum atomic E-state index is 10.1. The largest absolute Gasteiger partial charge is 0.508 e. The summed E-state index contributed by atoms with van der Waals surface area (Å²) >= 11 is 1.59. The van der Waals surface area contributed by atoms with Gasteiger partial charge in [-0.2, -0.15) is 0 Å². The van der Waals surface area contributed by atoms with Gasteiger partial charge < -0.3 is 20.7 Å². The lowest BCUT2D eigenvalue weighted by molar-refractivity contribution is 0.183. The third-order valence-electron chi connectivity index (χ3n) is 6.67. The molecule has 4 aromatic rings. The van der Waals surface area contributed by atoms with E-state index in [0.29, 0.717) is 6.61 Å². The highest BCUT2D eigenvalue weighted by Crippen LogP contribution is 2.46. The van der Waals surface area contributed by atoms with Crippen molar-refractivity contribution in [1.82, 2.24) is 4.90 Å². The van der Waals surface area contributed by atoms with Crippen LogP contribution >= 0.6 is 11.3 Å². The van der Waals surface area contributed by atoms with Crippen LogP contribution in [0, 0.1) is 0 Å². The predicted octanol–water partition coefficient (Wildman–Crippen LogP) is 5.92. The number of benzene rings is 3. The lowest BCUT2D eigenvalue weighted by Gasteiger charge is -2.26. The number of fused-ring (bicyclic) bond motifs is 1. The van der Waals surface area contributed by atoms with Crippen LogP contribution in [0.4, 0.5) is 0 Å². The van der Waals surface area contributed by atoms with Crippen LogP contribution in [-0.2, 0) is 0 Å². The lowest BCUT2D eigenvalue weighted by atomic mass is 9.94. The quantitative estimate of drug-likeness (QED) is 0.206. The van der Waals surface area contributed by atoms with Crippen LogP contribution in [0.15, 0.2) is 71.7 Å². The van der Waals surface area contributed by atoms with Gasteiger partial charge in [0.15, 0.2) is 0 Å². The Kier molecular flexibility index (Phi) is 7.39. The highest BCUT2D eigenvalue weighted by molar-refractivity contribution is 7.22. The van der Waals surface area contributed by atoms with Crippen LogP contribution in [0.5, 0.6) is 17.2 Å². The number of ether oxygens (including phenoxy) is 1. The molecule has 1 unspecified atom stereocenters. The van der Waals surface area contributed by atoms with Gasteiger partial charge in [0.2, 0.25) is 0 Å². The molecule has 1 fully saturated rings. The average molecular weight is 502 g/mol. The van der Waals surface area contributed by atoms with Crippen LogP contribution < -0.4 is 10.5 Å². The monoisotopic (exact) mass is 501 g/mol. The van der Waals surface area contributed by atoms with Crippen LogP contribution in [-0.4, -0.2) is 47.7 Å². The molecular formula is C29H31N3O3S. The third kappa shape index (κ3) is 5.32. The topological polar surface area (TPSA) is 91.3 Å². The van der Waals surface area contributed by atoms with E-state index in [9.17, 15) is 10.2 Å². The van der Waals surface area contributed by atoms with Gasteiger partial charge in [0.25, 0.3) is 0 Å². The molecule has 7 heteroatoms. The molecule has 186 valence electrons. The van der Waals surface area contributed by atoms with E-state index in [1.54, 1.807) is 35.6 Å². The number of thiophene rings is 1. The molecule has 1 aromatic heterocycles. The summed E-state index contributed by atoms with van der Waals surface area (Å²) in [5, 5.41) is 20.9. The first kappa shape index (κ1) is 24.2. The Morgan fingerprint density at radius 2 is 1.67 bits per heavy atom. The Morgan fingerprint density at radius 3 is 2.39 bits per heavy atom. The minimum Gasteiger partial charge on any atom is -0.508 e. The highest BCUT2D eigenvalue weighted by Gasteiger charge is 2.23. The number of hydrogen-bond donors (Lipinski definition) is 3. The second-order valence-electron chi connectivity index (χ2n) is 9.09. The van der Waals surface area contributed by atoms with Gasteiger partial charge in [-0.1, -0.05) is 18.6 Å². The second kappa shape index (κ2) is 11.0. The Hall–Kier alpha value is -3.55. The molecule has 1 aliphatic heterocycles. The Balaban J connectivity index is 1.45. The molecule has 5 rings (SSSR count). The molecule has 0 bridgehead atoms. The van der Waals surface area contributed by atoms with Gasteiger partial charge in [-0.05, 0) is 97.0 Å². The van der Waals surface area contributed by atoms with Crippen LogP contribution in [0.25, 0.3) is 20.5 Å². The van der Waals surface area contributed by atoms with Crippen LogP contribution in [0.2, 0.25) is 0 Å². The number of piperidine rings is 1. The van der Waals surface area contributed by atoms with Gasteiger partial charge in [-0.3, -0.25) is 9.89 Å². The molecule has 0 saturated carbocycles. The van der Waals surface area contributed by atoms with Gasteiger partial charge in [0, 0.05) is 21.7 Å². The van der Waals surface area contributed by atoms with Crippen molar-refractivity contribution in [3.05, 3.63) is 77.9 Å². The molecule has 6 nitrogen and oxygen atoms in total. The summed E-state index contributed by atoms with van der Waals surface area (Å²) in [5.41, 5.74) is 8.80. The predicted molar refractivity (Wildman–Crippen MR) is 147 cm³/mol. The maximum Gasteiger partial charge on any atom is 0.119 e. The van der Waals surface area contributed by atoms with E-state index in [4.69, 9.17) is 10.5 Å². The van der Waals surface area contributed by atoms with Crippen molar-refractivity contribution in [2.45, 2.75) is 25.3 Å². The van der Waals surface area contributed by atoms with Gasteiger partial charge in [0.1, 0.15) is 29.9 Å². The molecule has 1 atom stereocenters. The van der Waals surface area contributed by atoms with Crippen molar-refractivity contribution in [3.8, 4) is 27.7 Å².